The van der Waals surface area contributed by atoms with E-state index < -0.39 is 5.97 Å². The molecule has 1 aromatic carbocycles. The fourth-order valence-electron chi connectivity index (χ4n) is 2.25. The molecule has 2 aliphatic rings. The maximum Gasteiger partial charge on any atom is 0.335 e. The number of carboxylic acids is 1. The smallest absolute Gasteiger partial charge is 0.335 e. The van der Waals surface area contributed by atoms with E-state index in [0.717, 1.165) is 17.8 Å². The standard InChI is InChI=1S/C13H13NO3/c15-12-6-9-3-4-10(13(16)17)5-11(9)14(12)7-8-1-2-8/h3-5,8H,1-2,6-7H2,(H,16,17). The van der Waals surface area contributed by atoms with Crippen molar-refractivity contribution in [3.05, 3.63) is 29.3 Å². The second kappa shape index (κ2) is 3.58. The molecular formula is C13H13NO3. The number of fused-ring (bicyclic) bond motifs is 1. The van der Waals surface area contributed by atoms with E-state index in [4.69, 9.17) is 5.11 Å². The number of aromatic carboxylic acids is 1. The van der Waals surface area contributed by atoms with Crippen molar-refractivity contribution < 1.29 is 14.7 Å². The molecule has 1 N–H and O–H groups in total. The predicted octanol–water partition coefficient (Wildman–Crippen LogP) is 1.68. The molecule has 4 heteroatoms. The molecule has 1 aliphatic heterocycles. The number of carbonyl (C=O) groups excluding carboxylic acids is 1. The van der Waals surface area contributed by atoms with E-state index in [0.29, 0.717) is 12.3 Å². The quantitative estimate of drug-likeness (QED) is 0.861. The van der Waals surface area contributed by atoms with E-state index in [-0.39, 0.29) is 11.5 Å². The van der Waals surface area contributed by atoms with E-state index >= 15 is 0 Å². The van der Waals surface area contributed by atoms with Gasteiger partial charge in [0.2, 0.25) is 5.91 Å². The first kappa shape index (κ1) is 10.3. The Labute approximate surface area is 98.9 Å². The molecule has 17 heavy (non-hydrogen) atoms. The van der Waals surface area contributed by atoms with Crippen LogP contribution in [-0.2, 0) is 11.2 Å². The van der Waals surface area contributed by atoms with Gasteiger partial charge in [0.05, 0.1) is 12.0 Å². The maximum absolute atomic E-state index is 11.9. The third-order valence-electron chi connectivity index (χ3n) is 3.40. The number of carboxylic acid groups (broad SMARTS) is 1. The molecular weight excluding hydrogens is 218 g/mol. The molecule has 0 saturated heterocycles. The number of hydrogen-bond donors (Lipinski definition) is 1. The molecule has 1 heterocycles. The summed E-state index contributed by atoms with van der Waals surface area (Å²) in [6, 6.07) is 4.93. The van der Waals surface area contributed by atoms with Crippen LogP contribution in [0.1, 0.15) is 28.8 Å². The van der Waals surface area contributed by atoms with Crippen LogP contribution in [0, 0.1) is 5.92 Å². The van der Waals surface area contributed by atoms with E-state index in [1.165, 1.54) is 12.8 Å². The SMILES string of the molecule is O=C(O)c1ccc2c(c1)N(CC1CC1)C(=O)C2. The summed E-state index contributed by atoms with van der Waals surface area (Å²) in [5, 5.41) is 8.96. The first-order valence-electron chi connectivity index (χ1n) is 5.82. The highest BCUT2D eigenvalue weighted by Gasteiger charge is 2.33. The van der Waals surface area contributed by atoms with Crippen LogP contribution in [0.15, 0.2) is 18.2 Å². The Balaban J connectivity index is 1.96. The Bertz CT molecular complexity index is 505. The molecule has 0 spiro atoms. The average Bonchev–Trinajstić information content (AvgIpc) is 3.04. The lowest BCUT2D eigenvalue weighted by Crippen LogP contribution is -2.28. The molecule has 1 fully saturated rings. The summed E-state index contributed by atoms with van der Waals surface area (Å²) in [5.74, 6) is -0.244. The molecule has 1 saturated carbocycles. The van der Waals surface area contributed by atoms with Gasteiger partial charge in [-0.05, 0) is 36.5 Å². The zero-order chi connectivity index (χ0) is 12.0. The van der Waals surface area contributed by atoms with Gasteiger partial charge in [0.1, 0.15) is 0 Å². The Morgan fingerprint density at radius 2 is 2.18 bits per heavy atom. The number of benzene rings is 1. The van der Waals surface area contributed by atoms with Crippen molar-refractivity contribution in [1.29, 1.82) is 0 Å². The lowest BCUT2D eigenvalue weighted by molar-refractivity contribution is -0.117. The zero-order valence-corrected chi connectivity index (χ0v) is 9.35. The number of amides is 1. The molecule has 4 nitrogen and oxygen atoms in total. The highest BCUT2D eigenvalue weighted by atomic mass is 16.4. The fraction of sp³-hybridized carbons (Fsp3) is 0.385. The molecule has 88 valence electrons. The largest absolute Gasteiger partial charge is 0.478 e. The third-order valence-corrected chi connectivity index (χ3v) is 3.40. The minimum atomic E-state index is -0.946. The van der Waals surface area contributed by atoms with Crippen molar-refractivity contribution in [2.75, 3.05) is 11.4 Å². The average molecular weight is 231 g/mol. The van der Waals surface area contributed by atoms with Crippen molar-refractivity contribution in [1.82, 2.24) is 0 Å². The van der Waals surface area contributed by atoms with Gasteiger partial charge in [-0.1, -0.05) is 6.07 Å². The number of carbonyl (C=O) groups is 2. The van der Waals surface area contributed by atoms with Gasteiger partial charge in [0.15, 0.2) is 0 Å². The number of nitrogens with zero attached hydrogens (tertiary/aromatic N) is 1. The van der Waals surface area contributed by atoms with Crippen molar-refractivity contribution in [2.24, 2.45) is 5.92 Å². The van der Waals surface area contributed by atoms with Crippen molar-refractivity contribution in [2.45, 2.75) is 19.3 Å². The van der Waals surface area contributed by atoms with Gasteiger partial charge in [-0.15, -0.1) is 0 Å². The van der Waals surface area contributed by atoms with Gasteiger partial charge in [-0.25, -0.2) is 4.79 Å². The zero-order valence-electron chi connectivity index (χ0n) is 9.35. The summed E-state index contributed by atoms with van der Waals surface area (Å²) in [6.07, 6.45) is 2.76. The van der Waals surface area contributed by atoms with Crippen LogP contribution in [0.2, 0.25) is 0 Å². The van der Waals surface area contributed by atoms with Crippen molar-refractivity contribution >= 4 is 17.6 Å². The van der Waals surface area contributed by atoms with Crippen LogP contribution >= 0.6 is 0 Å². The van der Waals surface area contributed by atoms with Crippen LogP contribution in [-0.4, -0.2) is 23.5 Å². The summed E-state index contributed by atoms with van der Waals surface area (Å²) >= 11 is 0. The first-order chi connectivity index (χ1) is 8.15. The minimum absolute atomic E-state index is 0.0921. The summed E-state index contributed by atoms with van der Waals surface area (Å²) < 4.78 is 0. The summed E-state index contributed by atoms with van der Waals surface area (Å²) in [7, 11) is 0. The Hall–Kier alpha value is -1.84. The van der Waals surface area contributed by atoms with Crippen LogP contribution in [0.5, 0.6) is 0 Å². The van der Waals surface area contributed by atoms with Crippen LogP contribution in [0.3, 0.4) is 0 Å². The molecule has 0 unspecified atom stereocenters. The topological polar surface area (TPSA) is 57.6 Å². The number of rotatable bonds is 3. The third kappa shape index (κ3) is 1.79. The first-order valence-corrected chi connectivity index (χ1v) is 5.82. The molecule has 1 aromatic rings. The minimum Gasteiger partial charge on any atom is -0.478 e. The summed E-state index contributed by atoms with van der Waals surface area (Å²) in [4.78, 5) is 24.5. The lowest BCUT2D eigenvalue weighted by atomic mass is 10.1. The molecule has 0 atom stereocenters. The van der Waals surface area contributed by atoms with Gasteiger partial charge < -0.3 is 10.0 Å². The van der Waals surface area contributed by atoms with Gasteiger partial charge in [0.25, 0.3) is 0 Å². The van der Waals surface area contributed by atoms with Crippen molar-refractivity contribution in [3.63, 3.8) is 0 Å². The number of hydrogen-bond acceptors (Lipinski definition) is 2. The van der Waals surface area contributed by atoms with Gasteiger partial charge in [0, 0.05) is 12.2 Å². The molecule has 0 bridgehead atoms. The molecule has 0 radical (unpaired) electrons. The predicted molar refractivity (Wildman–Crippen MR) is 62.2 cm³/mol. The van der Waals surface area contributed by atoms with Crippen LogP contribution in [0.4, 0.5) is 5.69 Å². The van der Waals surface area contributed by atoms with E-state index in [2.05, 4.69) is 0 Å². The number of anilines is 1. The lowest BCUT2D eigenvalue weighted by Gasteiger charge is -2.17. The van der Waals surface area contributed by atoms with E-state index in [9.17, 15) is 9.59 Å². The normalized spacial score (nSPS) is 18.4. The summed E-state index contributed by atoms with van der Waals surface area (Å²) in [6.45, 7) is 0.745. The maximum atomic E-state index is 11.9. The van der Waals surface area contributed by atoms with Crippen molar-refractivity contribution in [3.8, 4) is 0 Å². The molecule has 0 aromatic heterocycles. The molecule has 3 rings (SSSR count). The monoisotopic (exact) mass is 231 g/mol. The summed E-state index contributed by atoms with van der Waals surface area (Å²) in [5.41, 5.74) is 1.99. The van der Waals surface area contributed by atoms with E-state index in [1.807, 2.05) is 0 Å². The molecule has 1 aliphatic carbocycles. The van der Waals surface area contributed by atoms with Gasteiger partial charge >= 0.3 is 5.97 Å². The van der Waals surface area contributed by atoms with Crippen LogP contribution in [0.25, 0.3) is 0 Å². The molecule has 1 amide bonds. The Kier molecular flexibility index (Phi) is 2.18. The van der Waals surface area contributed by atoms with Gasteiger partial charge in [-0.2, -0.15) is 0 Å². The highest BCUT2D eigenvalue weighted by molar-refractivity contribution is 6.03. The highest BCUT2D eigenvalue weighted by Crippen LogP contribution is 2.36. The van der Waals surface area contributed by atoms with E-state index in [1.54, 1.807) is 23.1 Å². The Morgan fingerprint density at radius 3 is 2.82 bits per heavy atom. The Morgan fingerprint density at radius 1 is 1.41 bits per heavy atom. The fourth-order valence-corrected chi connectivity index (χ4v) is 2.25. The second-order valence-electron chi connectivity index (χ2n) is 4.77. The second-order valence-corrected chi connectivity index (χ2v) is 4.77. The van der Waals surface area contributed by atoms with Gasteiger partial charge in [-0.3, -0.25) is 4.79 Å². The van der Waals surface area contributed by atoms with Crippen LogP contribution < -0.4 is 4.90 Å².